The quantitative estimate of drug-likeness (QED) is 0.582. The molecule has 0 saturated carbocycles. The number of carbonyl (C=O) groups excluding carboxylic acids is 1. The third-order valence-electron chi connectivity index (χ3n) is 2.02. The maximum atomic E-state index is 11.2. The van der Waals surface area contributed by atoms with Crippen molar-refractivity contribution in [3.05, 3.63) is 0 Å². The molecule has 1 N–H and O–H groups in total. The van der Waals surface area contributed by atoms with Gasteiger partial charge in [0.15, 0.2) is 0 Å². The Morgan fingerprint density at radius 1 is 1.33 bits per heavy atom. The van der Waals surface area contributed by atoms with Gasteiger partial charge in [-0.25, -0.2) is 0 Å². The average Bonchev–Trinajstić information content (AvgIpc) is 2.19. The highest BCUT2D eigenvalue weighted by molar-refractivity contribution is 5.77. The van der Waals surface area contributed by atoms with Gasteiger partial charge in [-0.15, -0.1) is 0 Å². The van der Waals surface area contributed by atoms with Gasteiger partial charge < -0.3 is 15.0 Å². The highest BCUT2D eigenvalue weighted by atomic mass is 16.5. The summed E-state index contributed by atoms with van der Waals surface area (Å²) in [4.78, 5) is 13.2. The van der Waals surface area contributed by atoms with E-state index in [0.717, 1.165) is 19.5 Å². The smallest absolute Gasteiger partial charge is 0.245 e. The summed E-state index contributed by atoms with van der Waals surface area (Å²) in [6.07, 6.45) is 3.40. The molecule has 0 aromatic carbocycles. The summed E-state index contributed by atoms with van der Waals surface area (Å²) >= 11 is 0. The van der Waals surface area contributed by atoms with Crippen LogP contribution in [0.25, 0.3) is 0 Å². The van der Waals surface area contributed by atoms with Crippen LogP contribution >= 0.6 is 0 Å². The maximum absolute atomic E-state index is 11.2. The van der Waals surface area contributed by atoms with Crippen molar-refractivity contribution in [2.75, 3.05) is 40.4 Å². The number of ether oxygens (including phenoxy) is 1. The molecule has 0 fully saturated rings. The van der Waals surface area contributed by atoms with Crippen LogP contribution in [0, 0.1) is 0 Å². The summed E-state index contributed by atoms with van der Waals surface area (Å²) in [5.74, 6) is -0.00939. The molecule has 0 aliphatic carbocycles. The zero-order chi connectivity index (χ0) is 11.5. The topological polar surface area (TPSA) is 41.6 Å². The van der Waals surface area contributed by atoms with Crippen LogP contribution in [-0.2, 0) is 9.53 Å². The molecule has 0 atom stereocenters. The third kappa shape index (κ3) is 11.3. The van der Waals surface area contributed by atoms with Crippen LogP contribution in [0.2, 0.25) is 0 Å². The van der Waals surface area contributed by atoms with Crippen molar-refractivity contribution < 1.29 is 9.53 Å². The predicted molar refractivity (Wildman–Crippen MR) is 61.9 cm³/mol. The molecule has 4 heteroatoms. The van der Waals surface area contributed by atoms with Gasteiger partial charge in [0.2, 0.25) is 5.91 Å². The zero-order valence-electron chi connectivity index (χ0n) is 10.2. The molecule has 0 aliphatic heterocycles. The molecule has 15 heavy (non-hydrogen) atoms. The minimum atomic E-state index is -0.00939. The summed E-state index contributed by atoms with van der Waals surface area (Å²) < 4.78 is 5.21. The SMILES string of the molecule is CCCCCNC(=O)COCCN(C)C. The van der Waals surface area contributed by atoms with E-state index in [1.807, 2.05) is 19.0 Å². The minimum absolute atomic E-state index is 0.00939. The van der Waals surface area contributed by atoms with E-state index < -0.39 is 0 Å². The van der Waals surface area contributed by atoms with Gasteiger partial charge in [0.05, 0.1) is 6.61 Å². The van der Waals surface area contributed by atoms with E-state index in [0.29, 0.717) is 6.61 Å². The van der Waals surface area contributed by atoms with Crippen molar-refractivity contribution in [2.45, 2.75) is 26.2 Å². The summed E-state index contributed by atoms with van der Waals surface area (Å²) in [6, 6.07) is 0. The third-order valence-corrected chi connectivity index (χ3v) is 2.02. The second kappa shape index (κ2) is 9.93. The van der Waals surface area contributed by atoms with Crippen LogP contribution in [0.1, 0.15) is 26.2 Å². The summed E-state index contributed by atoms with van der Waals surface area (Å²) in [5.41, 5.74) is 0. The molecule has 4 nitrogen and oxygen atoms in total. The molecule has 1 amide bonds. The van der Waals surface area contributed by atoms with Gasteiger partial charge >= 0.3 is 0 Å². The second-order valence-corrected chi connectivity index (χ2v) is 3.91. The number of hydrogen-bond donors (Lipinski definition) is 1. The molecule has 0 rings (SSSR count). The molecule has 0 aromatic heterocycles. The van der Waals surface area contributed by atoms with Crippen molar-refractivity contribution in [3.63, 3.8) is 0 Å². The molecule has 0 unspecified atom stereocenters. The summed E-state index contributed by atoms with van der Waals surface area (Å²) in [5, 5.41) is 2.83. The van der Waals surface area contributed by atoms with E-state index in [1.165, 1.54) is 12.8 Å². The van der Waals surface area contributed by atoms with Gasteiger partial charge in [-0.05, 0) is 20.5 Å². The number of hydrogen-bond acceptors (Lipinski definition) is 3. The standard InChI is InChI=1S/C11H24N2O2/c1-4-5-6-7-12-11(14)10-15-9-8-13(2)3/h4-10H2,1-3H3,(H,12,14). The molecule has 0 radical (unpaired) electrons. The molecule has 0 heterocycles. The first-order valence-electron chi connectivity index (χ1n) is 5.66. The fourth-order valence-corrected chi connectivity index (χ4v) is 1.07. The lowest BCUT2D eigenvalue weighted by atomic mass is 10.2. The number of unbranched alkanes of at least 4 members (excludes halogenated alkanes) is 2. The first kappa shape index (κ1) is 14.4. The van der Waals surface area contributed by atoms with E-state index in [4.69, 9.17) is 4.74 Å². The monoisotopic (exact) mass is 216 g/mol. The number of likely N-dealkylation sites (N-methyl/N-ethyl adjacent to an activating group) is 1. The van der Waals surface area contributed by atoms with Crippen molar-refractivity contribution in [1.82, 2.24) is 10.2 Å². The Labute approximate surface area is 93.0 Å². The molecule has 0 saturated heterocycles. The van der Waals surface area contributed by atoms with Crippen molar-refractivity contribution in [1.29, 1.82) is 0 Å². The molecule has 0 aliphatic rings. The van der Waals surface area contributed by atoms with Gasteiger partial charge in [-0.2, -0.15) is 0 Å². The maximum Gasteiger partial charge on any atom is 0.245 e. The van der Waals surface area contributed by atoms with Crippen molar-refractivity contribution in [2.24, 2.45) is 0 Å². The Hall–Kier alpha value is -0.610. The van der Waals surface area contributed by atoms with Gasteiger partial charge in [0, 0.05) is 13.1 Å². The average molecular weight is 216 g/mol. The number of rotatable bonds is 9. The van der Waals surface area contributed by atoms with E-state index in [9.17, 15) is 4.79 Å². The Morgan fingerprint density at radius 2 is 2.07 bits per heavy atom. The Morgan fingerprint density at radius 3 is 2.67 bits per heavy atom. The first-order chi connectivity index (χ1) is 7.16. The normalized spacial score (nSPS) is 10.7. The molecule has 0 bridgehead atoms. The Balaban J connectivity index is 3.19. The van der Waals surface area contributed by atoms with Crippen LogP contribution in [0.4, 0.5) is 0 Å². The van der Waals surface area contributed by atoms with Crippen LogP contribution < -0.4 is 5.32 Å². The van der Waals surface area contributed by atoms with Gasteiger partial charge in [-0.3, -0.25) is 4.79 Å². The lowest BCUT2D eigenvalue weighted by Gasteiger charge is -2.09. The van der Waals surface area contributed by atoms with E-state index in [1.54, 1.807) is 0 Å². The Kier molecular flexibility index (Phi) is 9.52. The molecule has 90 valence electrons. The fourth-order valence-electron chi connectivity index (χ4n) is 1.07. The molecule has 0 spiro atoms. The van der Waals surface area contributed by atoms with E-state index in [-0.39, 0.29) is 12.5 Å². The van der Waals surface area contributed by atoms with Crippen LogP contribution in [-0.4, -0.2) is 51.2 Å². The highest BCUT2D eigenvalue weighted by Crippen LogP contribution is 1.90. The molecular formula is C11H24N2O2. The lowest BCUT2D eigenvalue weighted by molar-refractivity contribution is -0.125. The van der Waals surface area contributed by atoms with E-state index >= 15 is 0 Å². The van der Waals surface area contributed by atoms with Crippen LogP contribution in [0.3, 0.4) is 0 Å². The largest absolute Gasteiger partial charge is 0.370 e. The van der Waals surface area contributed by atoms with Gasteiger partial charge in [-0.1, -0.05) is 19.8 Å². The Bertz CT molecular complexity index is 161. The van der Waals surface area contributed by atoms with E-state index in [2.05, 4.69) is 12.2 Å². The summed E-state index contributed by atoms with van der Waals surface area (Å²) in [6.45, 7) is 4.55. The summed E-state index contributed by atoms with van der Waals surface area (Å²) in [7, 11) is 3.96. The number of carbonyl (C=O) groups is 1. The minimum Gasteiger partial charge on any atom is -0.370 e. The predicted octanol–water partition coefficient (Wildman–Crippen LogP) is 0.871. The van der Waals surface area contributed by atoms with Crippen LogP contribution in [0.5, 0.6) is 0 Å². The highest BCUT2D eigenvalue weighted by Gasteiger charge is 2.00. The van der Waals surface area contributed by atoms with Gasteiger partial charge in [0.25, 0.3) is 0 Å². The second-order valence-electron chi connectivity index (χ2n) is 3.91. The van der Waals surface area contributed by atoms with Crippen LogP contribution in [0.15, 0.2) is 0 Å². The first-order valence-corrected chi connectivity index (χ1v) is 5.66. The molecule has 0 aromatic rings. The number of amides is 1. The van der Waals surface area contributed by atoms with Gasteiger partial charge in [0.1, 0.15) is 6.61 Å². The zero-order valence-corrected chi connectivity index (χ0v) is 10.2. The van der Waals surface area contributed by atoms with Crippen molar-refractivity contribution >= 4 is 5.91 Å². The number of nitrogens with one attached hydrogen (secondary N) is 1. The fraction of sp³-hybridized carbons (Fsp3) is 0.909. The molecular weight excluding hydrogens is 192 g/mol. The number of nitrogens with zero attached hydrogens (tertiary/aromatic N) is 1. The lowest BCUT2D eigenvalue weighted by Crippen LogP contribution is -2.29. The van der Waals surface area contributed by atoms with Crippen molar-refractivity contribution in [3.8, 4) is 0 Å².